The smallest absolute Gasteiger partial charge is 0.297 e. The minimum atomic E-state index is -0.672. The molecule has 0 bridgehead atoms. The second-order valence-corrected chi connectivity index (χ2v) is 22.6. The first-order chi connectivity index (χ1) is 39.0. The lowest BCUT2D eigenvalue weighted by Gasteiger charge is -2.01. The number of anilines is 1. The van der Waals surface area contributed by atoms with Crippen molar-refractivity contribution in [2.45, 2.75) is 45.4 Å². The van der Waals surface area contributed by atoms with Crippen molar-refractivity contribution in [3.05, 3.63) is 244 Å². The fourth-order valence-electron chi connectivity index (χ4n) is 7.41. The molecule has 0 unspecified atom stereocenters. The standard InChI is InChI=1S/C20H14N4O2S2.2C14H10N2S.C11H9N.C3H2BrNS/c1-12-8-17(28-23-12)22-19(26)18(25)16-10-15(24-6-7-27-20(16)24)9-13-2-4-14(11-21)5-3-13;15-10-12-3-1-11(2-4-12)9-13-5-6-14-16(13)7-8-17-14;15-11-13-7-5-12(6-8-13)3-1-2-4-14-16-9-10-17-14;1-2-3-4-10-5-7-11(9-12)8-6-10;4-3-5-1-2-6-3/h2-8,10H,9H2,1H3,(H,22,26);1-8H,9H2;5-10H,1,3H2;1,5-8H,3-4H2;1-2H. The molecule has 1 N–H and O–H groups in total. The Balaban J connectivity index is 0.000000155. The van der Waals surface area contributed by atoms with Crippen LogP contribution in [0.4, 0.5) is 5.00 Å². The molecule has 18 heteroatoms. The monoisotopic (exact) mass is 1200 g/mol. The maximum atomic E-state index is 12.7. The number of ketones is 1. The number of benzene rings is 4. The highest BCUT2D eigenvalue weighted by Gasteiger charge is 2.23. The summed E-state index contributed by atoms with van der Waals surface area (Å²) < 4.78 is 9.19. The first kappa shape index (κ1) is 58.6. The number of halogens is 1. The normalized spacial score (nSPS) is 9.86. The van der Waals surface area contributed by atoms with E-state index in [9.17, 15) is 9.59 Å². The minimum absolute atomic E-state index is 0.386. The van der Waals surface area contributed by atoms with Crippen LogP contribution in [0, 0.1) is 76.4 Å². The molecule has 4 aromatic carbocycles. The van der Waals surface area contributed by atoms with Crippen molar-refractivity contribution in [2.75, 3.05) is 5.32 Å². The van der Waals surface area contributed by atoms with Crippen molar-refractivity contribution in [2.24, 2.45) is 0 Å². The maximum Gasteiger partial charge on any atom is 0.297 e. The zero-order valence-electron chi connectivity index (χ0n) is 42.7. The van der Waals surface area contributed by atoms with E-state index in [1.807, 2.05) is 119 Å². The number of nitrogens with zero attached hydrogens (tertiary/aromatic N) is 9. The predicted molar refractivity (Wildman–Crippen MR) is 325 cm³/mol. The van der Waals surface area contributed by atoms with Crippen LogP contribution in [-0.4, -0.2) is 34.8 Å². The third-order valence-electron chi connectivity index (χ3n) is 11.4. The van der Waals surface area contributed by atoms with Crippen LogP contribution < -0.4 is 5.32 Å². The van der Waals surface area contributed by atoms with Crippen LogP contribution in [0.5, 0.6) is 0 Å². The molecule has 7 aromatic heterocycles. The van der Waals surface area contributed by atoms with Crippen LogP contribution in [0.15, 0.2) is 172 Å². The van der Waals surface area contributed by atoms with Gasteiger partial charge in [0.25, 0.3) is 11.7 Å². The van der Waals surface area contributed by atoms with Gasteiger partial charge in [-0.05, 0) is 148 Å². The molecule has 0 atom stereocenters. The van der Waals surface area contributed by atoms with E-state index in [0.717, 1.165) is 74.3 Å². The molecule has 392 valence electrons. The van der Waals surface area contributed by atoms with Gasteiger partial charge in [0.2, 0.25) is 0 Å². The Labute approximate surface area is 492 Å². The van der Waals surface area contributed by atoms with Crippen LogP contribution in [-0.2, 0) is 30.5 Å². The Morgan fingerprint density at radius 2 is 1.15 bits per heavy atom. The lowest BCUT2D eigenvalue weighted by atomic mass is 10.1. The van der Waals surface area contributed by atoms with Crippen molar-refractivity contribution in [3.63, 3.8) is 0 Å². The van der Waals surface area contributed by atoms with Crippen LogP contribution in [0.2, 0.25) is 0 Å². The van der Waals surface area contributed by atoms with Crippen LogP contribution >= 0.6 is 72.8 Å². The van der Waals surface area contributed by atoms with Gasteiger partial charge < -0.3 is 14.1 Å². The molecule has 0 aliphatic heterocycles. The molecule has 0 aliphatic carbocycles. The van der Waals surface area contributed by atoms with Gasteiger partial charge in [0.15, 0.2) is 8.92 Å². The average Bonchev–Trinajstić information content (AvgIpc) is 4.40. The third kappa shape index (κ3) is 17.7. The van der Waals surface area contributed by atoms with Crippen LogP contribution in [0.1, 0.15) is 89.8 Å². The summed E-state index contributed by atoms with van der Waals surface area (Å²) >= 11 is 10.6. The number of nitrogens with one attached hydrogen (secondary N) is 1. The molecular weight excluding hydrogens is 1160 g/mol. The number of amides is 1. The second kappa shape index (κ2) is 30.8. The minimum Gasteiger partial charge on any atom is -0.311 e. The van der Waals surface area contributed by atoms with Gasteiger partial charge >= 0.3 is 0 Å². The molecule has 80 heavy (non-hydrogen) atoms. The van der Waals surface area contributed by atoms with E-state index < -0.39 is 11.7 Å². The van der Waals surface area contributed by atoms with Crippen molar-refractivity contribution in [1.82, 2.24) is 23.1 Å². The number of hydrogen-bond donors (Lipinski definition) is 1. The summed E-state index contributed by atoms with van der Waals surface area (Å²) in [6, 6.07) is 46.4. The van der Waals surface area contributed by atoms with Gasteiger partial charge in [0.1, 0.15) is 9.83 Å². The SMILES string of the molecule is Brc1nccs1.C#CCCc1ccc(C#N)cc1.Cc1cc(NC(=O)C(=O)c2cc(Cc3ccc(C#N)cc3)n3ccsc23)sn1.N#Cc1ccc(CCC#Cc2nccs2)cc1.N#Cc1ccc(Cc2ccc3sccn23)cc1. The number of Topliss-reactive ketones (excluding diaryl/α,β-unsaturated/α-hetero) is 1. The van der Waals surface area contributed by atoms with Gasteiger partial charge in [0, 0.05) is 83.4 Å². The Hall–Kier alpha value is -9.05. The quantitative estimate of drug-likeness (QED) is 0.0746. The molecular formula is C62H45BrN10O2S5. The highest BCUT2D eigenvalue weighted by Crippen LogP contribution is 2.26. The molecule has 0 fully saturated rings. The van der Waals surface area contributed by atoms with Gasteiger partial charge in [-0.1, -0.05) is 54.5 Å². The summed E-state index contributed by atoms with van der Waals surface area (Å²) in [5, 5.41) is 46.7. The number of aromatic nitrogens is 5. The molecule has 11 rings (SSSR count). The number of hydrogen-bond acceptors (Lipinski definition) is 14. The topological polar surface area (TPSA) is 189 Å². The second-order valence-electron chi connectivity index (χ2n) is 16.9. The fourth-order valence-corrected chi connectivity index (χ4v) is 11.0. The Morgan fingerprint density at radius 1 is 0.613 bits per heavy atom. The number of aryl methyl sites for hydroxylation is 3. The van der Waals surface area contributed by atoms with E-state index in [-0.39, 0.29) is 0 Å². The molecule has 0 radical (unpaired) electrons. The van der Waals surface area contributed by atoms with Crippen LogP contribution in [0.3, 0.4) is 0 Å². The summed E-state index contributed by atoms with van der Waals surface area (Å²) in [5.74, 6) is 7.46. The lowest BCUT2D eigenvalue weighted by molar-refractivity contribution is -0.112. The first-order valence-electron chi connectivity index (χ1n) is 24.3. The average molecular weight is 1200 g/mol. The lowest BCUT2D eigenvalue weighted by Crippen LogP contribution is -2.22. The maximum absolute atomic E-state index is 12.7. The molecule has 12 nitrogen and oxygen atoms in total. The molecule has 0 saturated heterocycles. The van der Waals surface area contributed by atoms with E-state index >= 15 is 0 Å². The van der Waals surface area contributed by atoms with E-state index in [0.29, 0.717) is 39.2 Å². The van der Waals surface area contributed by atoms with E-state index in [1.54, 1.807) is 70.7 Å². The van der Waals surface area contributed by atoms with Crippen LogP contribution in [0.25, 0.3) is 9.66 Å². The molecule has 1 amide bonds. The summed E-state index contributed by atoms with van der Waals surface area (Å²) in [6.07, 6.45) is 17.5. The number of carbonyl (C=O) groups excluding carboxylic acids is 2. The number of rotatable bonds is 11. The van der Waals surface area contributed by atoms with Crippen molar-refractivity contribution in [3.8, 4) is 48.5 Å². The van der Waals surface area contributed by atoms with Crippen molar-refractivity contribution < 1.29 is 9.59 Å². The summed E-state index contributed by atoms with van der Waals surface area (Å²) in [4.78, 5) is 35.1. The Kier molecular flexibility index (Phi) is 22.6. The van der Waals surface area contributed by atoms with E-state index in [2.05, 4.69) is 106 Å². The van der Waals surface area contributed by atoms with E-state index in [1.165, 1.54) is 38.6 Å². The number of thiazole rings is 4. The van der Waals surface area contributed by atoms with Gasteiger partial charge in [-0.25, -0.2) is 9.97 Å². The third-order valence-corrected chi connectivity index (χ3v) is 15.9. The highest BCUT2D eigenvalue weighted by atomic mass is 79.9. The molecule has 0 saturated carbocycles. The number of carbonyl (C=O) groups is 2. The van der Waals surface area contributed by atoms with Gasteiger partial charge in [-0.2, -0.15) is 25.4 Å². The molecule has 0 aliphatic rings. The highest BCUT2D eigenvalue weighted by molar-refractivity contribution is 9.11. The summed E-state index contributed by atoms with van der Waals surface area (Å²) in [7, 11) is 0. The number of terminal acetylenes is 1. The molecule has 0 spiro atoms. The van der Waals surface area contributed by atoms with Crippen molar-refractivity contribution in [1.29, 1.82) is 21.0 Å². The summed E-state index contributed by atoms with van der Waals surface area (Å²) in [6.45, 7) is 1.83. The Bertz CT molecular complexity index is 4050. The predicted octanol–water partition coefficient (Wildman–Crippen LogP) is 14.5. The zero-order chi connectivity index (χ0) is 56.5. The van der Waals surface area contributed by atoms with E-state index in [4.69, 9.17) is 27.5 Å². The first-order valence-corrected chi connectivity index (χ1v) is 29.4. The number of fused-ring (bicyclic) bond motifs is 2. The fraction of sp³-hybridized carbons (Fsp3) is 0.113. The van der Waals surface area contributed by atoms with Crippen molar-refractivity contribution >= 4 is 99.2 Å². The van der Waals surface area contributed by atoms with Gasteiger partial charge in [0.05, 0.1) is 62.6 Å². The zero-order valence-corrected chi connectivity index (χ0v) is 48.4. The summed E-state index contributed by atoms with van der Waals surface area (Å²) in [5.41, 5.74) is 10.7. The Morgan fingerprint density at radius 3 is 1.65 bits per heavy atom. The largest absolute Gasteiger partial charge is 0.311 e. The number of nitriles is 4. The molecule has 7 heterocycles. The van der Waals surface area contributed by atoms with Gasteiger partial charge in [-0.3, -0.25) is 9.59 Å². The van der Waals surface area contributed by atoms with Gasteiger partial charge in [-0.15, -0.1) is 57.7 Å². The molecule has 11 aromatic rings.